The van der Waals surface area contributed by atoms with E-state index >= 15 is 0 Å². The number of nitrogens with one attached hydrogen (secondary N) is 2. The number of sulfonamides is 1. The highest BCUT2D eigenvalue weighted by atomic mass is 32.2. The number of allylic oxidation sites excluding steroid dienone is 2. The highest BCUT2D eigenvalue weighted by molar-refractivity contribution is 7.88. The lowest BCUT2D eigenvalue weighted by Gasteiger charge is -2.31. The minimum atomic E-state index is -3.61. The van der Waals surface area contributed by atoms with Crippen molar-refractivity contribution in [1.82, 2.24) is 24.7 Å². The number of amides is 4. The molecule has 0 bridgehead atoms. The number of likely N-dealkylation sites (tertiary alicyclic amines) is 1. The maximum Gasteiger partial charge on any atom is 0.407 e. The summed E-state index contributed by atoms with van der Waals surface area (Å²) in [6.07, 6.45) is 6.17. The Morgan fingerprint density at radius 1 is 0.690 bits per heavy atom. The Hall–Kier alpha value is -5.35. The first-order chi connectivity index (χ1) is 27.6. The molecule has 4 aliphatic heterocycles. The molecule has 0 unspecified atom stereocenters. The number of methoxy groups -OCH3 is 2. The standard InChI is InChI=1S/C42H53N7O8S/c1-25(2)37(45-41(52)56-5)39(50)48-18-8-9-35(48)33-19-31(21-43-33)29-14-10-27(11-15-29)28-12-16-30(17-13-28)32-20-34(44-22-32)36-23-47(58(7,54)55)24-49(36)40(51)38(26(3)4)46-42(53)57-6/h10-17,21-22,25-26,35-38H,8-9,18-20,23-24H2,1-7H3,(H,45,52)(H,46,53)/t35-,36-,37-,38-/m0/s1. The van der Waals surface area contributed by atoms with Gasteiger partial charge in [0.25, 0.3) is 0 Å². The van der Waals surface area contributed by atoms with Crippen molar-refractivity contribution in [1.29, 1.82) is 0 Å². The van der Waals surface area contributed by atoms with Crippen molar-refractivity contribution in [3.8, 4) is 11.1 Å². The van der Waals surface area contributed by atoms with Gasteiger partial charge in [-0.05, 0) is 58.1 Å². The largest absolute Gasteiger partial charge is 0.453 e. The lowest BCUT2D eigenvalue weighted by molar-refractivity contribution is -0.135. The zero-order valence-corrected chi connectivity index (χ0v) is 34.9. The number of benzene rings is 2. The number of aliphatic imine (C=N–C) groups is 2. The summed E-state index contributed by atoms with van der Waals surface area (Å²) in [5.74, 6) is -0.898. The van der Waals surface area contributed by atoms with Crippen LogP contribution < -0.4 is 10.6 Å². The van der Waals surface area contributed by atoms with Crippen LogP contribution >= 0.6 is 0 Å². The van der Waals surface area contributed by atoms with E-state index in [0.29, 0.717) is 25.1 Å². The summed E-state index contributed by atoms with van der Waals surface area (Å²) in [4.78, 5) is 64.2. The highest BCUT2D eigenvalue weighted by Gasteiger charge is 2.44. The maximum atomic E-state index is 13.8. The number of carbonyl (C=O) groups excluding carboxylic acids is 4. The van der Waals surface area contributed by atoms with E-state index in [-0.39, 0.29) is 37.0 Å². The molecule has 16 heteroatoms. The number of hydrogen-bond donors (Lipinski definition) is 2. The molecular weight excluding hydrogens is 763 g/mol. The maximum absolute atomic E-state index is 13.8. The molecule has 310 valence electrons. The Bertz CT molecular complexity index is 2140. The van der Waals surface area contributed by atoms with Crippen LogP contribution in [0.1, 0.15) is 64.5 Å². The molecule has 6 rings (SSSR count). The fraction of sp³-hybridized carbons (Fsp3) is 0.476. The normalized spacial score (nSPS) is 20.7. The zero-order chi connectivity index (χ0) is 41.9. The molecule has 2 N–H and O–H groups in total. The number of nitrogens with zero attached hydrogens (tertiary/aromatic N) is 5. The summed E-state index contributed by atoms with van der Waals surface area (Å²) in [7, 11) is -1.10. The molecule has 4 amide bonds. The lowest BCUT2D eigenvalue weighted by Crippen LogP contribution is -2.54. The van der Waals surface area contributed by atoms with Gasteiger partial charge >= 0.3 is 12.2 Å². The predicted molar refractivity (Wildman–Crippen MR) is 222 cm³/mol. The average molecular weight is 816 g/mol. The van der Waals surface area contributed by atoms with Crippen LogP contribution in [0.3, 0.4) is 0 Å². The Morgan fingerprint density at radius 2 is 1.12 bits per heavy atom. The van der Waals surface area contributed by atoms with Gasteiger partial charge in [0, 0.05) is 49.8 Å². The van der Waals surface area contributed by atoms with Gasteiger partial charge in [-0.25, -0.2) is 18.0 Å². The molecule has 0 aliphatic carbocycles. The van der Waals surface area contributed by atoms with Gasteiger partial charge in [0.2, 0.25) is 21.8 Å². The second-order valence-corrected chi connectivity index (χ2v) is 17.8. The third-order valence-electron chi connectivity index (χ3n) is 11.3. The summed E-state index contributed by atoms with van der Waals surface area (Å²) in [6, 6.07) is 14.2. The lowest BCUT2D eigenvalue weighted by atomic mass is 9.94. The number of carbonyl (C=O) groups is 4. The average Bonchev–Trinajstić information content (AvgIpc) is 4.04. The fourth-order valence-corrected chi connectivity index (χ4v) is 8.65. The molecule has 15 nitrogen and oxygen atoms in total. The van der Waals surface area contributed by atoms with Crippen molar-refractivity contribution in [2.75, 3.05) is 40.2 Å². The van der Waals surface area contributed by atoms with Crippen molar-refractivity contribution in [3.05, 3.63) is 72.1 Å². The summed E-state index contributed by atoms with van der Waals surface area (Å²) < 4.78 is 35.9. The van der Waals surface area contributed by atoms with E-state index < -0.39 is 46.2 Å². The van der Waals surface area contributed by atoms with Crippen LogP contribution in [0.5, 0.6) is 0 Å². The molecule has 2 aromatic carbocycles. The first kappa shape index (κ1) is 42.3. The topological polar surface area (TPSA) is 179 Å². The van der Waals surface area contributed by atoms with Crippen LogP contribution in [-0.2, 0) is 29.1 Å². The first-order valence-electron chi connectivity index (χ1n) is 19.6. The smallest absolute Gasteiger partial charge is 0.407 e. The van der Waals surface area contributed by atoms with Gasteiger partial charge in [-0.2, -0.15) is 4.31 Å². The van der Waals surface area contributed by atoms with E-state index in [1.165, 1.54) is 23.4 Å². The van der Waals surface area contributed by atoms with Crippen LogP contribution in [0, 0.1) is 11.8 Å². The number of ether oxygens (including phenoxy) is 2. The summed E-state index contributed by atoms with van der Waals surface area (Å²) in [6.45, 7) is 7.95. The SMILES string of the molecule is COC(=O)N[C@H](C(=O)N1CCC[C@H]1C1=NC=C(c2ccc(-c3ccc(C4=CN=C([C@@H]5CN(S(C)(=O)=O)CN5C(=O)[C@@H](NC(=O)OC)C(C)C)C4)cc3)cc2)C1)C(C)C. The Morgan fingerprint density at radius 3 is 1.55 bits per heavy atom. The van der Waals surface area contributed by atoms with Gasteiger partial charge in [-0.1, -0.05) is 76.2 Å². The van der Waals surface area contributed by atoms with Crippen LogP contribution in [0.15, 0.2) is 70.9 Å². The highest BCUT2D eigenvalue weighted by Crippen LogP contribution is 2.34. The van der Waals surface area contributed by atoms with E-state index in [1.54, 1.807) is 20.0 Å². The van der Waals surface area contributed by atoms with Crippen LogP contribution in [-0.4, -0.2) is 122 Å². The number of rotatable bonds is 12. The van der Waals surface area contributed by atoms with Gasteiger partial charge < -0.3 is 29.9 Å². The Kier molecular flexibility index (Phi) is 12.9. The van der Waals surface area contributed by atoms with E-state index in [0.717, 1.165) is 58.2 Å². The molecule has 2 saturated heterocycles. The summed E-state index contributed by atoms with van der Waals surface area (Å²) >= 11 is 0. The molecule has 0 spiro atoms. The Labute approximate surface area is 340 Å². The Balaban J connectivity index is 1.08. The van der Waals surface area contributed by atoms with Crippen molar-refractivity contribution in [3.63, 3.8) is 0 Å². The van der Waals surface area contributed by atoms with Crippen molar-refractivity contribution in [2.45, 2.75) is 77.5 Å². The summed E-state index contributed by atoms with van der Waals surface area (Å²) in [5, 5.41) is 5.30. The second-order valence-electron chi connectivity index (χ2n) is 15.8. The van der Waals surface area contributed by atoms with Crippen LogP contribution in [0.4, 0.5) is 9.59 Å². The molecule has 0 saturated carbocycles. The summed E-state index contributed by atoms with van der Waals surface area (Å²) in [5.41, 5.74) is 7.73. The number of hydrogen-bond acceptors (Lipinski definition) is 10. The molecule has 58 heavy (non-hydrogen) atoms. The van der Waals surface area contributed by atoms with Crippen molar-refractivity contribution in [2.24, 2.45) is 21.8 Å². The zero-order valence-electron chi connectivity index (χ0n) is 34.1. The van der Waals surface area contributed by atoms with E-state index in [4.69, 9.17) is 14.5 Å². The minimum Gasteiger partial charge on any atom is -0.453 e. The number of alkyl carbamates (subject to hydrolysis) is 2. The van der Waals surface area contributed by atoms with E-state index in [2.05, 4.69) is 39.9 Å². The molecule has 0 radical (unpaired) electrons. The van der Waals surface area contributed by atoms with Gasteiger partial charge in [-0.15, -0.1) is 0 Å². The monoisotopic (exact) mass is 815 g/mol. The fourth-order valence-electron chi connectivity index (χ4n) is 7.91. The van der Waals surface area contributed by atoms with Gasteiger partial charge in [-0.3, -0.25) is 19.6 Å². The molecular formula is C42H53N7O8S. The van der Waals surface area contributed by atoms with Crippen LogP contribution in [0.25, 0.3) is 22.3 Å². The molecule has 2 fully saturated rings. The molecule has 4 heterocycles. The third-order valence-corrected chi connectivity index (χ3v) is 12.5. The van der Waals surface area contributed by atoms with Crippen LogP contribution in [0.2, 0.25) is 0 Å². The van der Waals surface area contributed by atoms with E-state index in [9.17, 15) is 27.6 Å². The predicted octanol–water partition coefficient (Wildman–Crippen LogP) is 4.91. The first-order valence-corrected chi connectivity index (χ1v) is 21.4. The van der Waals surface area contributed by atoms with Gasteiger partial charge in [0.15, 0.2) is 0 Å². The van der Waals surface area contributed by atoms with Gasteiger partial charge in [0.1, 0.15) is 12.1 Å². The minimum absolute atomic E-state index is 0.0699. The molecule has 2 aromatic rings. The quantitative estimate of drug-likeness (QED) is 0.304. The van der Waals surface area contributed by atoms with Gasteiger partial charge in [0.05, 0.1) is 39.2 Å². The third kappa shape index (κ3) is 9.18. The van der Waals surface area contributed by atoms with Crippen molar-refractivity contribution < 1.29 is 37.1 Å². The molecule has 4 atom stereocenters. The van der Waals surface area contributed by atoms with E-state index in [1.807, 2.05) is 49.2 Å². The molecule has 0 aromatic heterocycles. The molecule has 4 aliphatic rings. The van der Waals surface area contributed by atoms with Crippen molar-refractivity contribution >= 4 is 56.6 Å². The second kappa shape index (κ2) is 17.6.